The van der Waals surface area contributed by atoms with Gasteiger partial charge < -0.3 is 15.7 Å². The van der Waals surface area contributed by atoms with Gasteiger partial charge in [0.2, 0.25) is 0 Å². The molecule has 0 unspecified atom stereocenters. The Bertz CT molecular complexity index is 211. The van der Waals surface area contributed by atoms with Crippen LogP contribution in [0.15, 0.2) is 0 Å². The molecule has 3 aliphatic rings. The van der Waals surface area contributed by atoms with Crippen molar-refractivity contribution in [3.8, 4) is 0 Å². The fourth-order valence-corrected chi connectivity index (χ4v) is 2.35. The SMILES string of the molecule is N[C@@]1(C(=O)O)CN2CCC1CC2. The highest BCUT2D eigenvalue weighted by molar-refractivity contribution is 5.79. The van der Waals surface area contributed by atoms with Gasteiger partial charge in [0.1, 0.15) is 5.54 Å². The summed E-state index contributed by atoms with van der Waals surface area (Å²) < 4.78 is 0. The van der Waals surface area contributed by atoms with E-state index in [1.54, 1.807) is 0 Å². The molecule has 4 heteroatoms. The molecule has 3 heterocycles. The number of piperidine rings is 3. The highest BCUT2D eigenvalue weighted by Gasteiger charge is 2.49. The van der Waals surface area contributed by atoms with E-state index < -0.39 is 11.5 Å². The maximum absolute atomic E-state index is 10.9. The van der Waals surface area contributed by atoms with Crippen LogP contribution >= 0.6 is 0 Å². The maximum Gasteiger partial charge on any atom is 0.325 e. The van der Waals surface area contributed by atoms with E-state index in [9.17, 15) is 4.79 Å². The van der Waals surface area contributed by atoms with Crippen molar-refractivity contribution in [3.63, 3.8) is 0 Å². The zero-order chi connectivity index (χ0) is 8.77. The number of hydrogen-bond donors (Lipinski definition) is 2. The molecule has 3 rings (SSSR count). The number of carboxylic acid groups (broad SMARTS) is 1. The Morgan fingerprint density at radius 1 is 1.50 bits per heavy atom. The summed E-state index contributed by atoms with van der Waals surface area (Å²) in [5.41, 5.74) is 4.88. The van der Waals surface area contributed by atoms with Crippen LogP contribution < -0.4 is 5.73 Å². The van der Waals surface area contributed by atoms with Gasteiger partial charge in [0.25, 0.3) is 0 Å². The summed E-state index contributed by atoms with van der Waals surface area (Å²) in [6.45, 7) is 2.58. The standard InChI is InChI=1S/C8H14N2O2/c9-8(7(11)12)5-10-3-1-6(8)2-4-10/h6H,1-5,9H2,(H,11,12)/t8-/m0/s1. The van der Waals surface area contributed by atoms with Gasteiger partial charge in [-0.15, -0.1) is 0 Å². The Balaban J connectivity index is 2.22. The molecule has 3 N–H and O–H groups in total. The van der Waals surface area contributed by atoms with Crippen molar-refractivity contribution < 1.29 is 9.90 Å². The number of hydrogen-bond acceptors (Lipinski definition) is 3. The highest BCUT2D eigenvalue weighted by Crippen LogP contribution is 2.33. The van der Waals surface area contributed by atoms with E-state index in [1.807, 2.05) is 0 Å². The van der Waals surface area contributed by atoms with E-state index in [4.69, 9.17) is 10.8 Å². The molecule has 2 bridgehead atoms. The van der Waals surface area contributed by atoms with Crippen LogP contribution in [0, 0.1) is 5.92 Å². The Morgan fingerprint density at radius 2 is 2.08 bits per heavy atom. The second-order valence-electron chi connectivity index (χ2n) is 3.90. The topological polar surface area (TPSA) is 66.6 Å². The summed E-state index contributed by atoms with van der Waals surface area (Å²) in [4.78, 5) is 13.1. The van der Waals surface area contributed by atoms with Crippen molar-refractivity contribution in [2.45, 2.75) is 18.4 Å². The summed E-state index contributed by atoms with van der Waals surface area (Å²) in [5, 5.41) is 8.97. The minimum Gasteiger partial charge on any atom is -0.480 e. The number of rotatable bonds is 1. The van der Waals surface area contributed by atoms with E-state index >= 15 is 0 Å². The van der Waals surface area contributed by atoms with Crippen LogP contribution in [0.2, 0.25) is 0 Å². The third-order valence-electron chi connectivity index (χ3n) is 3.20. The molecule has 12 heavy (non-hydrogen) atoms. The molecule has 3 fully saturated rings. The molecule has 0 aliphatic carbocycles. The van der Waals surface area contributed by atoms with Gasteiger partial charge in [0, 0.05) is 6.54 Å². The number of nitrogens with zero attached hydrogens (tertiary/aromatic N) is 1. The zero-order valence-electron chi connectivity index (χ0n) is 6.99. The van der Waals surface area contributed by atoms with E-state index in [0.29, 0.717) is 6.54 Å². The second kappa shape index (κ2) is 2.44. The molecular weight excluding hydrogens is 156 g/mol. The average Bonchev–Trinajstić information content (AvgIpc) is 2.05. The average molecular weight is 170 g/mol. The maximum atomic E-state index is 10.9. The van der Waals surface area contributed by atoms with Crippen molar-refractivity contribution >= 4 is 5.97 Å². The summed E-state index contributed by atoms with van der Waals surface area (Å²) in [6.07, 6.45) is 1.89. The van der Waals surface area contributed by atoms with E-state index in [1.165, 1.54) is 0 Å². The highest BCUT2D eigenvalue weighted by atomic mass is 16.4. The lowest BCUT2D eigenvalue weighted by Crippen LogP contribution is -2.67. The summed E-state index contributed by atoms with van der Waals surface area (Å²) >= 11 is 0. The molecule has 0 saturated carbocycles. The molecule has 0 amide bonds. The number of carboxylic acids is 1. The Morgan fingerprint density at radius 3 is 2.33 bits per heavy atom. The predicted molar refractivity (Wildman–Crippen MR) is 43.7 cm³/mol. The molecule has 0 aromatic rings. The third kappa shape index (κ3) is 0.949. The van der Waals surface area contributed by atoms with Gasteiger partial charge in [-0.2, -0.15) is 0 Å². The van der Waals surface area contributed by atoms with Gasteiger partial charge in [-0.05, 0) is 31.8 Å². The van der Waals surface area contributed by atoms with E-state index in [2.05, 4.69) is 4.90 Å². The Labute approximate surface area is 71.3 Å². The largest absolute Gasteiger partial charge is 0.480 e. The van der Waals surface area contributed by atoms with Crippen LogP contribution in [0.25, 0.3) is 0 Å². The lowest BCUT2D eigenvalue weighted by Gasteiger charge is -2.48. The summed E-state index contributed by atoms with van der Waals surface area (Å²) in [7, 11) is 0. The van der Waals surface area contributed by atoms with E-state index in [-0.39, 0.29) is 5.92 Å². The van der Waals surface area contributed by atoms with Crippen LogP contribution in [0.4, 0.5) is 0 Å². The first-order chi connectivity index (χ1) is 5.63. The molecule has 68 valence electrons. The fraction of sp³-hybridized carbons (Fsp3) is 0.875. The molecule has 0 aromatic heterocycles. The lowest BCUT2D eigenvalue weighted by atomic mass is 9.73. The lowest BCUT2D eigenvalue weighted by molar-refractivity contribution is -0.151. The van der Waals surface area contributed by atoms with E-state index in [0.717, 1.165) is 25.9 Å². The van der Waals surface area contributed by atoms with Crippen molar-refractivity contribution in [1.29, 1.82) is 0 Å². The van der Waals surface area contributed by atoms with Gasteiger partial charge >= 0.3 is 5.97 Å². The normalized spacial score (nSPS) is 46.1. The van der Waals surface area contributed by atoms with Gasteiger partial charge in [0.15, 0.2) is 0 Å². The molecule has 0 spiro atoms. The van der Waals surface area contributed by atoms with Crippen LogP contribution in [-0.2, 0) is 4.79 Å². The third-order valence-corrected chi connectivity index (χ3v) is 3.20. The van der Waals surface area contributed by atoms with Crippen LogP contribution in [0.3, 0.4) is 0 Å². The van der Waals surface area contributed by atoms with Crippen molar-refractivity contribution in [2.24, 2.45) is 11.7 Å². The molecule has 0 aromatic carbocycles. The molecule has 3 saturated heterocycles. The van der Waals surface area contributed by atoms with Crippen LogP contribution in [-0.4, -0.2) is 41.1 Å². The second-order valence-corrected chi connectivity index (χ2v) is 3.90. The first-order valence-electron chi connectivity index (χ1n) is 4.37. The van der Waals surface area contributed by atoms with Crippen molar-refractivity contribution in [2.75, 3.05) is 19.6 Å². The zero-order valence-corrected chi connectivity index (χ0v) is 6.99. The monoisotopic (exact) mass is 170 g/mol. The fourth-order valence-electron chi connectivity index (χ4n) is 2.35. The molecule has 3 aliphatic heterocycles. The minimum atomic E-state index is -0.962. The molecule has 1 atom stereocenters. The van der Waals surface area contributed by atoms with Gasteiger partial charge in [-0.1, -0.05) is 0 Å². The summed E-state index contributed by atoms with van der Waals surface area (Å²) in [5.74, 6) is -0.642. The number of fused-ring (bicyclic) bond motifs is 3. The summed E-state index contributed by atoms with van der Waals surface area (Å²) in [6, 6.07) is 0. The van der Waals surface area contributed by atoms with Gasteiger partial charge in [-0.25, -0.2) is 0 Å². The van der Waals surface area contributed by atoms with Crippen molar-refractivity contribution in [1.82, 2.24) is 4.90 Å². The Hall–Kier alpha value is -0.610. The minimum absolute atomic E-state index is 0.194. The number of aliphatic carboxylic acids is 1. The van der Waals surface area contributed by atoms with Crippen LogP contribution in [0.5, 0.6) is 0 Å². The molecule has 0 radical (unpaired) electrons. The molecular formula is C8H14N2O2. The van der Waals surface area contributed by atoms with Gasteiger partial charge in [-0.3, -0.25) is 4.79 Å². The van der Waals surface area contributed by atoms with Gasteiger partial charge in [0.05, 0.1) is 0 Å². The number of nitrogens with two attached hydrogens (primary N) is 1. The number of carbonyl (C=O) groups is 1. The first kappa shape index (κ1) is 8.01. The Kier molecular flexibility index (Phi) is 1.63. The van der Waals surface area contributed by atoms with Crippen LogP contribution in [0.1, 0.15) is 12.8 Å². The molecule has 4 nitrogen and oxygen atoms in total. The first-order valence-corrected chi connectivity index (χ1v) is 4.37. The van der Waals surface area contributed by atoms with Crippen molar-refractivity contribution in [3.05, 3.63) is 0 Å². The quantitative estimate of drug-likeness (QED) is 0.556. The smallest absolute Gasteiger partial charge is 0.325 e. The predicted octanol–water partition coefficient (Wildman–Crippen LogP) is -0.506.